The topological polar surface area (TPSA) is 46.5 Å². The van der Waals surface area contributed by atoms with Crippen LogP contribution in [0.15, 0.2) is 12.2 Å². The Morgan fingerprint density at radius 2 is 1.93 bits per heavy atom. The number of rotatable bonds is 5. The van der Waals surface area contributed by atoms with Crippen LogP contribution in [0.4, 0.5) is 0 Å². The summed E-state index contributed by atoms with van der Waals surface area (Å²) in [5.74, 6) is -0.262. The van der Waals surface area contributed by atoms with Gasteiger partial charge in [-0.3, -0.25) is 0 Å². The standard InChI is InChI=1S/C12H22O3/c1-8(2)10(13)12(5,6)7-15-11(14)9(3)4/h8,10,13H,3,7H2,1-2,4-6H3. The molecule has 0 bridgehead atoms. The van der Waals surface area contributed by atoms with Crippen molar-refractivity contribution in [3.63, 3.8) is 0 Å². The second-order valence-corrected chi connectivity index (χ2v) is 5.03. The first-order valence-electron chi connectivity index (χ1n) is 5.19. The minimum Gasteiger partial charge on any atom is -0.462 e. The zero-order valence-electron chi connectivity index (χ0n) is 10.3. The molecule has 0 aromatic rings. The summed E-state index contributed by atoms with van der Waals surface area (Å²) < 4.78 is 5.04. The lowest BCUT2D eigenvalue weighted by Gasteiger charge is -2.32. The van der Waals surface area contributed by atoms with Crippen LogP contribution in [0.5, 0.6) is 0 Å². The minimum absolute atomic E-state index is 0.142. The highest BCUT2D eigenvalue weighted by Gasteiger charge is 2.31. The molecule has 0 amide bonds. The molecule has 0 rings (SSSR count). The van der Waals surface area contributed by atoms with Crippen molar-refractivity contribution in [1.29, 1.82) is 0 Å². The molecule has 0 saturated carbocycles. The second-order valence-electron chi connectivity index (χ2n) is 5.03. The molecule has 0 radical (unpaired) electrons. The molecular weight excluding hydrogens is 192 g/mol. The lowest BCUT2D eigenvalue weighted by Crippen LogP contribution is -2.38. The summed E-state index contributed by atoms with van der Waals surface area (Å²) in [7, 11) is 0. The van der Waals surface area contributed by atoms with E-state index in [2.05, 4.69) is 6.58 Å². The number of hydrogen-bond acceptors (Lipinski definition) is 3. The van der Waals surface area contributed by atoms with Crippen molar-refractivity contribution in [2.75, 3.05) is 6.61 Å². The first-order chi connectivity index (χ1) is 6.68. The molecule has 15 heavy (non-hydrogen) atoms. The molecule has 3 heteroatoms. The lowest BCUT2D eigenvalue weighted by atomic mass is 9.81. The zero-order chi connectivity index (χ0) is 12.2. The highest BCUT2D eigenvalue weighted by Crippen LogP contribution is 2.26. The first-order valence-corrected chi connectivity index (χ1v) is 5.19. The fourth-order valence-corrected chi connectivity index (χ4v) is 1.36. The van der Waals surface area contributed by atoms with Crippen molar-refractivity contribution in [2.24, 2.45) is 11.3 Å². The molecule has 1 atom stereocenters. The van der Waals surface area contributed by atoms with Crippen LogP contribution in [0.2, 0.25) is 0 Å². The first kappa shape index (κ1) is 14.2. The van der Waals surface area contributed by atoms with Crippen LogP contribution >= 0.6 is 0 Å². The molecule has 0 fully saturated rings. The van der Waals surface area contributed by atoms with Crippen molar-refractivity contribution in [1.82, 2.24) is 0 Å². The van der Waals surface area contributed by atoms with Crippen LogP contribution in [0.25, 0.3) is 0 Å². The van der Waals surface area contributed by atoms with E-state index in [0.29, 0.717) is 5.57 Å². The predicted molar refractivity (Wildman–Crippen MR) is 60.4 cm³/mol. The van der Waals surface area contributed by atoms with E-state index in [1.165, 1.54) is 0 Å². The number of aliphatic hydroxyl groups excluding tert-OH is 1. The predicted octanol–water partition coefficient (Wildman–Crippen LogP) is 2.15. The Morgan fingerprint density at radius 1 is 1.47 bits per heavy atom. The van der Waals surface area contributed by atoms with Crippen molar-refractivity contribution in [3.8, 4) is 0 Å². The number of carbonyl (C=O) groups excluding carboxylic acids is 1. The van der Waals surface area contributed by atoms with E-state index >= 15 is 0 Å². The molecule has 88 valence electrons. The van der Waals surface area contributed by atoms with Gasteiger partial charge in [0.15, 0.2) is 0 Å². The second kappa shape index (κ2) is 5.31. The van der Waals surface area contributed by atoms with E-state index in [1.54, 1.807) is 6.92 Å². The number of carbonyl (C=O) groups is 1. The van der Waals surface area contributed by atoms with Crippen molar-refractivity contribution in [3.05, 3.63) is 12.2 Å². The Hall–Kier alpha value is -0.830. The highest BCUT2D eigenvalue weighted by molar-refractivity contribution is 5.86. The summed E-state index contributed by atoms with van der Waals surface area (Å²) in [6.07, 6.45) is -0.490. The van der Waals surface area contributed by atoms with Gasteiger partial charge in [0.2, 0.25) is 0 Å². The molecule has 0 heterocycles. The maximum atomic E-state index is 11.2. The van der Waals surface area contributed by atoms with Gasteiger partial charge in [0.25, 0.3) is 0 Å². The summed E-state index contributed by atoms with van der Waals surface area (Å²) >= 11 is 0. The Bertz CT molecular complexity index is 241. The van der Waals surface area contributed by atoms with Crippen molar-refractivity contribution in [2.45, 2.75) is 40.7 Å². The van der Waals surface area contributed by atoms with Gasteiger partial charge in [-0.15, -0.1) is 0 Å². The largest absolute Gasteiger partial charge is 0.462 e. The fourth-order valence-electron chi connectivity index (χ4n) is 1.36. The van der Waals surface area contributed by atoms with E-state index in [1.807, 2.05) is 27.7 Å². The van der Waals surface area contributed by atoms with Crippen LogP contribution < -0.4 is 0 Å². The maximum absolute atomic E-state index is 11.2. The van der Waals surface area contributed by atoms with Crippen LogP contribution in [-0.4, -0.2) is 23.8 Å². The summed E-state index contributed by atoms with van der Waals surface area (Å²) in [4.78, 5) is 11.2. The van der Waals surface area contributed by atoms with E-state index in [-0.39, 0.29) is 12.5 Å². The normalized spacial score (nSPS) is 13.8. The highest BCUT2D eigenvalue weighted by atomic mass is 16.5. The SMILES string of the molecule is C=C(C)C(=O)OCC(C)(C)C(O)C(C)C. The van der Waals surface area contributed by atoms with Gasteiger partial charge in [-0.05, 0) is 12.8 Å². The van der Waals surface area contributed by atoms with Crippen LogP contribution in [-0.2, 0) is 9.53 Å². The lowest BCUT2D eigenvalue weighted by molar-refractivity contribution is -0.145. The molecule has 0 aliphatic carbocycles. The van der Waals surface area contributed by atoms with E-state index in [0.717, 1.165) is 0 Å². The summed E-state index contributed by atoms with van der Waals surface area (Å²) in [5, 5.41) is 9.89. The van der Waals surface area contributed by atoms with Crippen molar-refractivity contribution < 1.29 is 14.6 Å². The van der Waals surface area contributed by atoms with E-state index in [4.69, 9.17) is 4.74 Å². The third-order valence-corrected chi connectivity index (χ3v) is 2.36. The Kier molecular flexibility index (Phi) is 5.01. The Balaban J connectivity index is 4.27. The zero-order valence-corrected chi connectivity index (χ0v) is 10.3. The number of esters is 1. The summed E-state index contributed by atoms with van der Waals surface area (Å²) in [6.45, 7) is 12.9. The minimum atomic E-state index is -0.490. The average molecular weight is 214 g/mol. The molecule has 0 aromatic carbocycles. The molecule has 0 spiro atoms. The fraction of sp³-hybridized carbons (Fsp3) is 0.750. The van der Waals surface area contributed by atoms with Gasteiger partial charge < -0.3 is 9.84 Å². The van der Waals surface area contributed by atoms with E-state index < -0.39 is 17.5 Å². The number of hydrogen-bond donors (Lipinski definition) is 1. The van der Waals surface area contributed by atoms with Crippen molar-refractivity contribution >= 4 is 5.97 Å². The molecule has 3 nitrogen and oxygen atoms in total. The van der Waals surface area contributed by atoms with Crippen LogP contribution in [0.3, 0.4) is 0 Å². The quantitative estimate of drug-likeness (QED) is 0.563. The van der Waals surface area contributed by atoms with Gasteiger partial charge in [0.05, 0.1) is 12.7 Å². The van der Waals surface area contributed by atoms with E-state index in [9.17, 15) is 9.90 Å². The van der Waals surface area contributed by atoms with Gasteiger partial charge in [-0.1, -0.05) is 34.3 Å². The third-order valence-electron chi connectivity index (χ3n) is 2.36. The van der Waals surface area contributed by atoms with Crippen LogP contribution in [0, 0.1) is 11.3 Å². The van der Waals surface area contributed by atoms with Crippen LogP contribution in [0.1, 0.15) is 34.6 Å². The number of aliphatic hydroxyl groups is 1. The molecule has 0 aliphatic rings. The molecular formula is C12H22O3. The average Bonchev–Trinajstić information content (AvgIpc) is 2.12. The molecule has 1 unspecified atom stereocenters. The van der Waals surface area contributed by atoms with Gasteiger partial charge >= 0.3 is 5.97 Å². The van der Waals surface area contributed by atoms with Gasteiger partial charge in [0.1, 0.15) is 0 Å². The third kappa shape index (κ3) is 4.47. The molecule has 0 aliphatic heterocycles. The summed E-state index contributed by atoms with van der Waals surface area (Å²) in [5.41, 5.74) is -0.0518. The number of ether oxygens (including phenoxy) is 1. The maximum Gasteiger partial charge on any atom is 0.333 e. The smallest absolute Gasteiger partial charge is 0.333 e. The van der Waals surface area contributed by atoms with Gasteiger partial charge in [0, 0.05) is 11.0 Å². The molecule has 1 N–H and O–H groups in total. The summed E-state index contributed by atoms with van der Waals surface area (Å²) in [6, 6.07) is 0. The Morgan fingerprint density at radius 3 is 2.27 bits per heavy atom. The molecule has 0 aromatic heterocycles. The van der Waals surface area contributed by atoms with Gasteiger partial charge in [-0.2, -0.15) is 0 Å². The monoisotopic (exact) mass is 214 g/mol. The van der Waals surface area contributed by atoms with Gasteiger partial charge in [-0.25, -0.2) is 4.79 Å². The Labute approximate surface area is 92.1 Å². The molecule has 0 saturated heterocycles.